The first kappa shape index (κ1) is 20.5. The predicted molar refractivity (Wildman–Crippen MR) is 124 cm³/mol. The van der Waals surface area contributed by atoms with Crippen molar-refractivity contribution in [1.29, 1.82) is 0 Å². The molecule has 5 rings (SSSR count). The summed E-state index contributed by atoms with van der Waals surface area (Å²) in [4.78, 5) is 24.9. The number of hydrogen-bond acceptors (Lipinski definition) is 10. The molecule has 2 N–H and O–H groups in total. The van der Waals surface area contributed by atoms with Crippen LogP contribution in [0.25, 0.3) is 21.6 Å². The third-order valence-corrected chi connectivity index (χ3v) is 7.13. The number of piperazine rings is 1. The molecule has 0 radical (unpaired) electrons. The van der Waals surface area contributed by atoms with Crippen LogP contribution in [0.4, 0.5) is 11.8 Å². The van der Waals surface area contributed by atoms with Gasteiger partial charge in [0.05, 0.1) is 29.0 Å². The highest BCUT2D eigenvalue weighted by Gasteiger charge is 2.23. The lowest BCUT2D eigenvalue weighted by Crippen LogP contribution is -2.42. The third-order valence-electron chi connectivity index (χ3n) is 5.87. The smallest absolute Gasteiger partial charge is 0.222 e. The summed E-state index contributed by atoms with van der Waals surface area (Å²) in [6.45, 7) is 10.5. The number of rotatable bonds is 5. The van der Waals surface area contributed by atoms with Crippen molar-refractivity contribution in [3.8, 4) is 11.4 Å². The van der Waals surface area contributed by atoms with E-state index in [0.29, 0.717) is 11.8 Å². The van der Waals surface area contributed by atoms with E-state index in [9.17, 15) is 0 Å². The predicted octanol–water partition coefficient (Wildman–Crippen LogP) is 1.74. The van der Waals surface area contributed by atoms with Crippen molar-refractivity contribution in [2.75, 3.05) is 69.7 Å². The van der Waals surface area contributed by atoms with Gasteiger partial charge in [0.15, 0.2) is 11.6 Å². The molecule has 0 atom stereocenters. The zero-order chi connectivity index (χ0) is 21.2. The number of anilines is 2. The lowest BCUT2D eigenvalue weighted by molar-refractivity contribution is 0.122. The molecule has 2 aliphatic heterocycles. The Morgan fingerprint density at radius 3 is 2.55 bits per heavy atom. The van der Waals surface area contributed by atoms with E-state index in [0.717, 1.165) is 75.9 Å². The van der Waals surface area contributed by atoms with Crippen LogP contribution in [0.3, 0.4) is 0 Å². The Labute approximate surface area is 185 Å². The van der Waals surface area contributed by atoms with Crippen LogP contribution in [0, 0.1) is 6.92 Å². The number of ether oxygens (including phenoxy) is 1. The fraction of sp³-hybridized carbons (Fsp3) is 0.524. The number of nitrogens with one attached hydrogen (secondary N) is 2. The quantitative estimate of drug-likeness (QED) is 0.615. The summed E-state index contributed by atoms with van der Waals surface area (Å²) in [5, 5.41) is 6.39. The zero-order valence-electron chi connectivity index (χ0n) is 18.0. The second-order valence-corrected chi connectivity index (χ2v) is 8.97. The van der Waals surface area contributed by atoms with Gasteiger partial charge in [-0.1, -0.05) is 0 Å². The number of fused-ring (bicyclic) bond motifs is 1. The Morgan fingerprint density at radius 1 is 1.10 bits per heavy atom. The summed E-state index contributed by atoms with van der Waals surface area (Å²) in [6, 6.07) is 0. The zero-order valence-corrected chi connectivity index (χ0v) is 18.8. The molecular formula is C21H28N8OS. The second kappa shape index (κ2) is 8.99. The number of thiophene rings is 1. The molecule has 3 aromatic heterocycles. The van der Waals surface area contributed by atoms with Crippen LogP contribution in [0.2, 0.25) is 0 Å². The fourth-order valence-corrected chi connectivity index (χ4v) is 5.34. The molecule has 164 valence electrons. The van der Waals surface area contributed by atoms with Gasteiger partial charge in [0.25, 0.3) is 0 Å². The molecule has 0 amide bonds. The number of hydrogen-bond donors (Lipinski definition) is 2. The first-order chi connectivity index (χ1) is 15.2. The van der Waals surface area contributed by atoms with Gasteiger partial charge < -0.3 is 20.3 Å². The van der Waals surface area contributed by atoms with Gasteiger partial charge in [-0.05, 0) is 12.5 Å². The van der Waals surface area contributed by atoms with E-state index in [1.54, 1.807) is 12.4 Å². The monoisotopic (exact) mass is 440 g/mol. The van der Waals surface area contributed by atoms with Crippen molar-refractivity contribution < 1.29 is 4.74 Å². The lowest BCUT2D eigenvalue weighted by Gasteiger charge is -2.28. The van der Waals surface area contributed by atoms with Gasteiger partial charge in [-0.2, -0.15) is 0 Å². The van der Waals surface area contributed by atoms with E-state index in [4.69, 9.17) is 14.7 Å². The van der Waals surface area contributed by atoms with Gasteiger partial charge in [0.2, 0.25) is 5.95 Å². The minimum atomic E-state index is 0.586. The summed E-state index contributed by atoms with van der Waals surface area (Å²) in [5.41, 5.74) is 3.12. The Balaban J connectivity index is 1.58. The summed E-state index contributed by atoms with van der Waals surface area (Å²) in [5.74, 6) is 2.26. The largest absolute Gasteiger partial charge is 0.378 e. The average molecular weight is 441 g/mol. The van der Waals surface area contributed by atoms with Gasteiger partial charge in [0, 0.05) is 70.1 Å². The van der Waals surface area contributed by atoms with Crippen LogP contribution in [-0.2, 0) is 11.3 Å². The Bertz CT molecular complexity index is 1040. The van der Waals surface area contributed by atoms with Crippen LogP contribution in [0.1, 0.15) is 10.4 Å². The molecule has 31 heavy (non-hydrogen) atoms. The summed E-state index contributed by atoms with van der Waals surface area (Å²) < 4.78 is 6.75. The van der Waals surface area contributed by atoms with Crippen molar-refractivity contribution in [3.63, 3.8) is 0 Å². The minimum absolute atomic E-state index is 0.586. The molecule has 3 aromatic rings. The molecule has 2 fully saturated rings. The molecule has 0 spiro atoms. The van der Waals surface area contributed by atoms with E-state index in [2.05, 4.69) is 37.3 Å². The van der Waals surface area contributed by atoms with Crippen molar-refractivity contribution in [1.82, 2.24) is 30.2 Å². The fourth-order valence-electron chi connectivity index (χ4n) is 4.03. The van der Waals surface area contributed by atoms with Crippen LogP contribution < -0.4 is 15.5 Å². The van der Waals surface area contributed by atoms with Crippen LogP contribution >= 0.6 is 11.3 Å². The van der Waals surface area contributed by atoms with Gasteiger partial charge in [-0.15, -0.1) is 11.3 Å². The van der Waals surface area contributed by atoms with E-state index in [1.807, 2.05) is 18.4 Å². The Kier molecular flexibility index (Phi) is 5.95. The highest BCUT2D eigenvalue weighted by Crippen LogP contribution is 2.38. The normalized spacial score (nSPS) is 17.9. The number of aromatic nitrogens is 4. The molecule has 0 aliphatic carbocycles. The molecular weight excluding hydrogens is 412 g/mol. The molecule has 0 unspecified atom stereocenters. The lowest BCUT2D eigenvalue weighted by atomic mass is 10.2. The maximum absolute atomic E-state index is 5.58. The van der Waals surface area contributed by atoms with Crippen LogP contribution in [0.5, 0.6) is 0 Å². The first-order valence-electron chi connectivity index (χ1n) is 10.8. The van der Waals surface area contributed by atoms with Gasteiger partial charge >= 0.3 is 0 Å². The Hall–Kier alpha value is -2.40. The Morgan fingerprint density at radius 2 is 1.84 bits per heavy atom. The highest BCUT2D eigenvalue weighted by molar-refractivity contribution is 7.19. The molecule has 10 heteroatoms. The van der Waals surface area contributed by atoms with Gasteiger partial charge in [0.1, 0.15) is 0 Å². The van der Waals surface area contributed by atoms with Crippen molar-refractivity contribution in [2.24, 2.45) is 0 Å². The molecule has 2 aliphatic rings. The SMILES string of the molecule is CNc1ncc(-c2nc(N3CCOCC3)c3sc(CN4CCNCC4)c(C)c3n2)cn1. The van der Waals surface area contributed by atoms with E-state index < -0.39 is 0 Å². The van der Waals surface area contributed by atoms with Crippen molar-refractivity contribution in [2.45, 2.75) is 13.5 Å². The van der Waals surface area contributed by atoms with Crippen LogP contribution in [-0.4, -0.2) is 84.4 Å². The standard InChI is InChI=1S/C21H28N8OS/c1-14-16(13-28-5-3-23-4-6-28)31-18-17(14)26-19(15-11-24-21(22-2)25-12-15)27-20(18)29-7-9-30-10-8-29/h11-12,23H,3-10,13H2,1-2H3,(H,22,24,25). The maximum Gasteiger partial charge on any atom is 0.222 e. The average Bonchev–Trinajstić information content (AvgIpc) is 3.15. The number of aryl methyl sites for hydroxylation is 1. The van der Waals surface area contributed by atoms with Crippen molar-refractivity contribution >= 4 is 33.3 Å². The molecule has 0 saturated carbocycles. The van der Waals surface area contributed by atoms with E-state index in [-0.39, 0.29) is 0 Å². The molecule has 5 heterocycles. The van der Waals surface area contributed by atoms with E-state index >= 15 is 0 Å². The van der Waals surface area contributed by atoms with E-state index in [1.165, 1.54) is 15.1 Å². The summed E-state index contributed by atoms with van der Waals surface area (Å²) >= 11 is 1.84. The first-order valence-corrected chi connectivity index (χ1v) is 11.6. The van der Waals surface area contributed by atoms with Gasteiger partial charge in [-0.3, -0.25) is 4.90 Å². The highest BCUT2D eigenvalue weighted by atomic mass is 32.1. The molecule has 0 aromatic carbocycles. The summed E-state index contributed by atoms with van der Waals surface area (Å²) in [7, 11) is 1.81. The maximum atomic E-state index is 5.58. The number of nitrogens with zero attached hydrogens (tertiary/aromatic N) is 6. The molecule has 0 bridgehead atoms. The third kappa shape index (κ3) is 4.20. The minimum Gasteiger partial charge on any atom is -0.378 e. The molecule has 9 nitrogen and oxygen atoms in total. The summed E-state index contributed by atoms with van der Waals surface area (Å²) in [6.07, 6.45) is 3.57. The number of morpholine rings is 1. The molecule has 2 saturated heterocycles. The topological polar surface area (TPSA) is 91.3 Å². The van der Waals surface area contributed by atoms with Crippen molar-refractivity contribution in [3.05, 3.63) is 22.8 Å². The van der Waals surface area contributed by atoms with Crippen LogP contribution in [0.15, 0.2) is 12.4 Å². The van der Waals surface area contributed by atoms with Gasteiger partial charge in [-0.25, -0.2) is 19.9 Å². The second-order valence-electron chi connectivity index (χ2n) is 7.87.